The average molecular weight is 718 g/mol. The number of rotatable bonds is 13. The summed E-state index contributed by atoms with van der Waals surface area (Å²) in [4.78, 5) is 72.0. The molecule has 0 atom stereocenters. The zero-order chi connectivity index (χ0) is 36.5. The maximum absolute atomic E-state index is 14.1. The predicted molar refractivity (Wildman–Crippen MR) is 181 cm³/mol. The minimum Gasteiger partial charge on any atom is -0.507 e. The first-order chi connectivity index (χ1) is 22.7. The molecule has 1 heterocycles. The lowest BCUT2D eigenvalue weighted by atomic mass is 9.80. The zero-order valence-electron chi connectivity index (χ0n) is 26.4. The average Bonchev–Trinajstić information content (AvgIpc) is 3.42. The molecule has 0 spiro atoms. The zero-order valence-corrected chi connectivity index (χ0v) is 28.2. The molecule has 0 fully saturated rings. The van der Waals surface area contributed by atoms with Gasteiger partial charge in [0, 0.05) is 36.3 Å². The van der Waals surface area contributed by atoms with E-state index in [0.29, 0.717) is 22.2 Å². The number of phenolic OH excluding ortho intramolecular Hbond substituents is 2. The Balaban J connectivity index is 1.93. The van der Waals surface area contributed by atoms with Crippen LogP contribution in [0.15, 0.2) is 48.5 Å². The second-order valence-electron chi connectivity index (χ2n) is 11.9. The van der Waals surface area contributed by atoms with Crippen LogP contribution in [0.1, 0.15) is 30.5 Å². The third-order valence-electron chi connectivity index (χ3n) is 7.84. The molecule has 0 bridgehead atoms. The third-order valence-corrected chi connectivity index (χ3v) is 9.41. The summed E-state index contributed by atoms with van der Waals surface area (Å²) in [5, 5.41) is 32.8. The number of primary amides is 1. The van der Waals surface area contributed by atoms with Crippen molar-refractivity contribution in [2.24, 2.45) is 11.5 Å². The van der Waals surface area contributed by atoms with Gasteiger partial charge >= 0.3 is 21.2 Å². The lowest BCUT2D eigenvalue weighted by Gasteiger charge is -2.33. The standard InChI is InChI=1S/C30H37N7O10P2/c1-30(2,28(40)37(7-9-48(42,43)44)8-10-49(45,46)47)18-13-20(19-11-16(3-6-24(19)38)15-34-29(33)41)25(39)21(14-18)27-35-22-5-4-17(26(31)32)12-23(22)36-27/h3-6,11-14,38-39H,7-10,15H2,1-2H3,(H3,31,32)(H,35,36)(H3,33,34,41)(H2,42,43,44)(H2,45,46,47). The van der Waals surface area contributed by atoms with Gasteiger partial charge in [-0.3, -0.25) is 19.3 Å². The first-order valence-corrected chi connectivity index (χ1v) is 18.2. The van der Waals surface area contributed by atoms with Crippen molar-refractivity contribution < 1.29 is 48.5 Å². The molecule has 17 nitrogen and oxygen atoms in total. The first-order valence-electron chi connectivity index (χ1n) is 14.6. The molecule has 262 valence electrons. The van der Waals surface area contributed by atoms with Crippen LogP contribution < -0.4 is 16.8 Å². The van der Waals surface area contributed by atoms with E-state index < -0.39 is 58.0 Å². The van der Waals surface area contributed by atoms with E-state index in [-0.39, 0.29) is 52.0 Å². The molecular weight excluding hydrogens is 680 g/mol. The fraction of sp³-hybridized carbons (Fsp3) is 0.267. The smallest absolute Gasteiger partial charge is 0.327 e. The van der Waals surface area contributed by atoms with Gasteiger partial charge in [-0.1, -0.05) is 6.07 Å². The van der Waals surface area contributed by atoms with Crippen LogP contribution >= 0.6 is 15.2 Å². The first kappa shape index (κ1) is 37.1. The number of nitrogens with two attached hydrogens (primary N) is 2. The van der Waals surface area contributed by atoms with Crippen molar-refractivity contribution >= 4 is 44.0 Å². The molecule has 0 radical (unpaired) electrons. The van der Waals surface area contributed by atoms with Crippen LogP contribution in [0.5, 0.6) is 11.5 Å². The molecule has 19 heteroatoms. The lowest BCUT2D eigenvalue weighted by molar-refractivity contribution is -0.135. The summed E-state index contributed by atoms with van der Waals surface area (Å²) < 4.78 is 23.4. The van der Waals surface area contributed by atoms with Gasteiger partial charge in [0.2, 0.25) is 5.91 Å². The number of carbonyl (C=O) groups is 2. The number of benzene rings is 3. The number of aromatic nitrogens is 2. The number of aromatic amines is 1. The fourth-order valence-electron chi connectivity index (χ4n) is 5.12. The second kappa shape index (κ2) is 14.0. The highest BCUT2D eigenvalue weighted by Crippen LogP contribution is 2.45. The van der Waals surface area contributed by atoms with E-state index in [1.165, 1.54) is 44.2 Å². The second-order valence-corrected chi connectivity index (χ2v) is 15.5. The molecule has 0 saturated heterocycles. The van der Waals surface area contributed by atoms with Gasteiger partial charge < -0.3 is 56.5 Å². The van der Waals surface area contributed by atoms with Gasteiger partial charge in [-0.25, -0.2) is 9.78 Å². The molecular formula is C30H37N7O10P2. The number of nitrogens with one attached hydrogen (secondary N) is 3. The van der Waals surface area contributed by atoms with Crippen LogP contribution in [0, 0.1) is 5.41 Å². The Kier molecular flexibility index (Phi) is 10.6. The monoisotopic (exact) mass is 717 g/mol. The number of nitrogens with zero attached hydrogens (tertiary/aromatic N) is 2. The number of urea groups is 1. The number of aromatic hydroxyl groups is 2. The minimum absolute atomic E-state index is 0.0178. The van der Waals surface area contributed by atoms with E-state index in [1.54, 1.807) is 18.2 Å². The van der Waals surface area contributed by atoms with Gasteiger partial charge in [0.05, 0.1) is 34.3 Å². The number of imidazole rings is 1. The van der Waals surface area contributed by atoms with Crippen LogP contribution in [0.3, 0.4) is 0 Å². The maximum atomic E-state index is 14.1. The van der Waals surface area contributed by atoms with Gasteiger partial charge in [0.1, 0.15) is 23.2 Å². The Labute approximate surface area is 279 Å². The molecule has 4 rings (SSSR count). The van der Waals surface area contributed by atoms with Crippen molar-refractivity contribution in [3.05, 3.63) is 65.2 Å². The summed E-state index contributed by atoms with van der Waals surface area (Å²) in [6, 6.07) is 11.2. The number of hydrogen-bond acceptors (Lipinski definition) is 8. The SMILES string of the molecule is CC(C)(C(=O)N(CCP(=O)(O)O)CCP(=O)(O)O)c1cc(-c2nc3ccc(C(=N)N)cc3[nH]2)c(O)c(-c2cc(CNC(N)=O)ccc2O)c1. The number of fused-ring (bicyclic) bond motifs is 1. The van der Waals surface area contributed by atoms with Gasteiger partial charge in [-0.2, -0.15) is 0 Å². The van der Waals surface area contributed by atoms with Crippen molar-refractivity contribution in [2.75, 3.05) is 25.4 Å². The van der Waals surface area contributed by atoms with Crippen LogP contribution in [-0.2, 0) is 25.9 Å². The molecule has 13 N–H and O–H groups in total. The maximum Gasteiger partial charge on any atom is 0.327 e. The van der Waals surface area contributed by atoms with E-state index >= 15 is 0 Å². The third kappa shape index (κ3) is 9.03. The van der Waals surface area contributed by atoms with E-state index in [1.807, 2.05) is 0 Å². The van der Waals surface area contributed by atoms with Crippen LogP contribution in [-0.4, -0.2) is 87.8 Å². The molecule has 49 heavy (non-hydrogen) atoms. The minimum atomic E-state index is -4.61. The molecule has 0 aliphatic rings. The van der Waals surface area contributed by atoms with E-state index in [9.17, 15) is 48.5 Å². The lowest BCUT2D eigenvalue weighted by Crippen LogP contribution is -2.46. The molecule has 0 unspecified atom stereocenters. The normalized spacial score (nSPS) is 12.2. The number of H-pyrrole nitrogens is 1. The van der Waals surface area contributed by atoms with Crippen molar-refractivity contribution in [1.29, 1.82) is 5.41 Å². The molecule has 0 saturated carbocycles. The summed E-state index contributed by atoms with van der Waals surface area (Å²) in [6.45, 7) is 1.93. The Morgan fingerprint density at radius 3 is 2.10 bits per heavy atom. The van der Waals surface area contributed by atoms with Gasteiger partial charge in [-0.15, -0.1) is 0 Å². The largest absolute Gasteiger partial charge is 0.507 e. The van der Waals surface area contributed by atoms with E-state index in [4.69, 9.17) is 16.9 Å². The molecule has 3 amide bonds. The van der Waals surface area contributed by atoms with Gasteiger partial charge in [0.25, 0.3) is 0 Å². The Morgan fingerprint density at radius 1 is 0.918 bits per heavy atom. The highest BCUT2D eigenvalue weighted by atomic mass is 31.2. The molecule has 4 aromatic rings. The summed E-state index contributed by atoms with van der Waals surface area (Å²) >= 11 is 0. The predicted octanol–water partition coefficient (Wildman–Crippen LogP) is 2.22. The summed E-state index contributed by atoms with van der Waals surface area (Å²) in [5.74, 6) is -1.44. The number of amides is 3. The molecule has 3 aromatic carbocycles. The number of phenols is 2. The molecule has 0 aliphatic carbocycles. The molecule has 0 aliphatic heterocycles. The van der Waals surface area contributed by atoms with E-state index in [2.05, 4.69) is 15.3 Å². The van der Waals surface area contributed by atoms with Crippen molar-refractivity contribution in [1.82, 2.24) is 20.2 Å². The summed E-state index contributed by atoms with van der Waals surface area (Å²) in [6.07, 6.45) is -1.52. The van der Waals surface area contributed by atoms with Crippen LogP contribution in [0.25, 0.3) is 33.5 Å². The van der Waals surface area contributed by atoms with E-state index in [0.717, 1.165) is 4.90 Å². The van der Waals surface area contributed by atoms with Crippen molar-refractivity contribution in [2.45, 2.75) is 25.8 Å². The van der Waals surface area contributed by atoms with Crippen LogP contribution in [0.2, 0.25) is 0 Å². The number of carbonyl (C=O) groups excluding carboxylic acids is 2. The topological polar surface area (TPSA) is 310 Å². The number of amidine groups is 1. The van der Waals surface area contributed by atoms with Crippen molar-refractivity contribution in [3.8, 4) is 34.0 Å². The highest BCUT2D eigenvalue weighted by molar-refractivity contribution is 7.52. The Bertz CT molecular complexity index is 2010. The summed E-state index contributed by atoms with van der Waals surface area (Å²) in [5.41, 5.74) is 11.5. The Hall–Kier alpha value is -4.76. The fourth-order valence-corrected chi connectivity index (χ4v) is 6.12. The number of nitrogen functional groups attached to an aromatic ring is 1. The van der Waals surface area contributed by atoms with Crippen LogP contribution in [0.4, 0.5) is 4.79 Å². The molecule has 1 aromatic heterocycles. The highest BCUT2D eigenvalue weighted by Gasteiger charge is 2.37. The summed E-state index contributed by atoms with van der Waals surface area (Å²) in [7, 11) is -9.23. The quantitative estimate of drug-likeness (QED) is 0.0539. The number of hydrogen-bond donors (Lipinski definition) is 11. The van der Waals surface area contributed by atoms with Gasteiger partial charge in [0.15, 0.2) is 0 Å². The van der Waals surface area contributed by atoms with Crippen molar-refractivity contribution in [3.63, 3.8) is 0 Å². The van der Waals surface area contributed by atoms with Gasteiger partial charge in [-0.05, 0) is 67.4 Å². The Morgan fingerprint density at radius 2 is 1.53 bits per heavy atom.